The second kappa shape index (κ2) is 7.70. The summed E-state index contributed by atoms with van der Waals surface area (Å²) < 4.78 is 38.6. The van der Waals surface area contributed by atoms with E-state index in [1.807, 2.05) is 18.2 Å². The Morgan fingerprint density at radius 3 is 2.91 bits per heavy atom. The van der Waals surface area contributed by atoms with Gasteiger partial charge < -0.3 is 20.1 Å². The minimum Gasteiger partial charge on any atom is -0.488 e. The highest BCUT2D eigenvalue weighted by Gasteiger charge is 2.58. The molecule has 0 spiro atoms. The minimum absolute atomic E-state index is 0.0332. The quantitative estimate of drug-likeness (QED) is 0.494. The van der Waals surface area contributed by atoms with Crippen LogP contribution in [-0.2, 0) is 11.2 Å². The van der Waals surface area contributed by atoms with Gasteiger partial charge >= 0.3 is 0 Å². The molecular weight excluding hydrogens is 430 g/mol. The molecule has 3 atom stereocenters. The third-order valence-electron chi connectivity index (χ3n) is 6.21. The van der Waals surface area contributed by atoms with Gasteiger partial charge in [0.2, 0.25) is 5.91 Å². The van der Waals surface area contributed by atoms with Crippen molar-refractivity contribution in [3.05, 3.63) is 71.4 Å². The molecule has 7 nitrogen and oxygen atoms in total. The molecular formula is C24H20F2N4O3. The average Bonchev–Trinajstić information content (AvgIpc) is 3.34. The number of hydrogen-bond donors (Lipinski definition) is 3. The Morgan fingerprint density at radius 2 is 2.03 bits per heavy atom. The molecule has 3 heterocycles. The number of anilines is 2. The maximum absolute atomic E-state index is 13.3. The fourth-order valence-corrected chi connectivity index (χ4v) is 4.50. The van der Waals surface area contributed by atoms with Gasteiger partial charge in [-0.15, -0.1) is 0 Å². The van der Waals surface area contributed by atoms with Crippen molar-refractivity contribution in [2.75, 3.05) is 17.3 Å². The number of benzene rings is 2. The van der Waals surface area contributed by atoms with E-state index < -0.39 is 11.6 Å². The second-order valence-corrected chi connectivity index (χ2v) is 8.31. The first kappa shape index (κ1) is 19.9. The van der Waals surface area contributed by atoms with E-state index in [1.54, 1.807) is 12.3 Å². The molecule has 3 aromatic rings. The zero-order valence-corrected chi connectivity index (χ0v) is 17.4. The number of hydrogen-bond acceptors (Lipinski definition) is 6. The largest absolute Gasteiger partial charge is 0.488 e. The van der Waals surface area contributed by atoms with Crippen LogP contribution in [0.25, 0.3) is 0 Å². The molecule has 1 aromatic heterocycles. The van der Waals surface area contributed by atoms with Crippen LogP contribution in [0.15, 0.2) is 48.7 Å². The van der Waals surface area contributed by atoms with E-state index in [4.69, 9.17) is 9.47 Å². The molecule has 2 aromatic carbocycles. The van der Waals surface area contributed by atoms with Crippen LogP contribution in [0.2, 0.25) is 0 Å². The molecule has 1 aliphatic carbocycles. The number of fused-ring (bicyclic) bond motifs is 4. The first-order valence-corrected chi connectivity index (χ1v) is 10.8. The summed E-state index contributed by atoms with van der Waals surface area (Å²) in [4.78, 5) is 15.9. The van der Waals surface area contributed by atoms with Gasteiger partial charge in [-0.2, -0.15) is 0 Å². The van der Waals surface area contributed by atoms with Crippen LogP contribution in [0.1, 0.15) is 23.5 Å². The van der Waals surface area contributed by atoms with E-state index in [2.05, 4.69) is 20.9 Å². The summed E-state index contributed by atoms with van der Waals surface area (Å²) in [5, 5.41) is 9.18. The Hall–Kier alpha value is -3.72. The number of ether oxygens (including phenoxy) is 2. The SMILES string of the molecule is O=C1CCc2c(Oc3ccc4c(c3)[C@H]3[C@H](NCNc5ccc(F)c(F)c5)[C@H]3O4)ccnc2N1. The maximum Gasteiger partial charge on any atom is 0.225 e. The first-order valence-electron chi connectivity index (χ1n) is 10.8. The monoisotopic (exact) mass is 450 g/mol. The summed E-state index contributed by atoms with van der Waals surface area (Å²) in [5.74, 6) is 1.16. The first-order chi connectivity index (χ1) is 16.1. The van der Waals surface area contributed by atoms with E-state index in [-0.39, 0.29) is 24.0 Å². The lowest BCUT2D eigenvalue weighted by molar-refractivity contribution is -0.116. The summed E-state index contributed by atoms with van der Waals surface area (Å²) in [6.07, 6.45) is 2.64. The van der Waals surface area contributed by atoms with Crippen molar-refractivity contribution in [3.63, 3.8) is 0 Å². The number of nitrogens with zero attached hydrogens (tertiary/aromatic N) is 1. The summed E-state index contributed by atoms with van der Waals surface area (Å²) in [6.45, 7) is 0.395. The Bertz CT molecular complexity index is 1270. The van der Waals surface area contributed by atoms with Crippen molar-refractivity contribution in [3.8, 4) is 17.2 Å². The Kier molecular flexibility index (Phi) is 4.65. The van der Waals surface area contributed by atoms with Gasteiger partial charge in [0.05, 0.1) is 12.7 Å². The number of aromatic nitrogens is 1. The molecule has 0 bridgehead atoms. The number of carbonyl (C=O) groups excluding carboxylic acids is 1. The Morgan fingerprint density at radius 1 is 1.12 bits per heavy atom. The van der Waals surface area contributed by atoms with E-state index in [0.717, 1.165) is 29.0 Å². The van der Waals surface area contributed by atoms with Gasteiger partial charge in [0, 0.05) is 41.4 Å². The number of rotatable bonds is 6. The molecule has 168 valence electrons. The number of halogens is 2. The van der Waals surface area contributed by atoms with Crippen molar-refractivity contribution in [1.82, 2.24) is 10.3 Å². The van der Waals surface area contributed by atoms with Crippen LogP contribution in [0, 0.1) is 11.6 Å². The lowest BCUT2D eigenvalue weighted by atomic mass is 10.1. The fourth-order valence-electron chi connectivity index (χ4n) is 4.50. The standard InChI is InChI=1S/C24H20F2N4O3/c25-16-4-1-12(9-17(16)26)28-11-29-22-21-15-10-13(2-5-18(15)33-23(21)22)32-19-7-8-27-24-14(19)3-6-20(31)30-24/h1-2,4-5,7-10,21-23,28-29H,3,6,11H2,(H,27,30,31)/t21-,22-,23-/m0/s1. The average molecular weight is 450 g/mol. The van der Waals surface area contributed by atoms with Gasteiger partial charge in [-0.25, -0.2) is 13.8 Å². The molecule has 0 radical (unpaired) electrons. The number of amides is 1. The molecule has 2 aliphatic heterocycles. The van der Waals surface area contributed by atoms with E-state index in [9.17, 15) is 13.6 Å². The van der Waals surface area contributed by atoms with Crippen LogP contribution in [0.4, 0.5) is 20.3 Å². The summed E-state index contributed by atoms with van der Waals surface area (Å²) >= 11 is 0. The van der Waals surface area contributed by atoms with Crippen molar-refractivity contribution >= 4 is 17.4 Å². The lowest BCUT2D eigenvalue weighted by Gasteiger charge is -2.19. The number of nitrogens with one attached hydrogen (secondary N) is 3. The van der Waals surface area contributed by atoms with Crippen LogP contribution in [0.5, 0.6) is 17.2 Å². The molecule has 0 saturated heterocycles. The summed E-state index contributed by atoms with van der Waals surface area (Å²) in [6, 6.07) is 11.4. The second-order valence-electron chi connectivity index (χ2n) is 8.31. The Balaban J connectivity index is 1.12. The molecule has 1 saturated carbocycles. The normalized spacial score (nSPS) is 21.9. The number of carbonyl (C=O) groups is 1. The molecule has 1 fully saturated rings. The van der Waals surface area contributed by atoms with E-state index >= 15 is 0 Å². The highest BCUT2D eigenvalue weighted by Crippen LogP contribution is 2.54. The van der Waals surface area contributed by atoms with Crippen molar-refractivity contribution < 1.29 is 23.0 Å². The highest BCUT2D eigenvalue weighted by atomic mass is 19.2. The topological polar surface area (TPSA) is 84.5 Å². The predicted molar refractivity (Wildman–Crippen MR) is 117 cm³/mol. The smallest absolute Gasteiger partial charge is 0.225 e. The van der Waals surface area contributed by atoms with Gasteiger partial charge in [-0.1, -0.05) is 0 Å². The minimum atomic E-state index is -0.883. The van der Waals surface area contributed by atoms with Crippen molar-refractivity contribution in [2.24, 2.45) is 0 Å². The molecule has 33 heavy (non-hydrogen) atoms. The summed E-state index contributed by atoms with van der Waals surface area (Å²) in [7, 11) is 0. The van der Waals surface area contributed by atoms with Gasteiger partial charge in [-0.3, -0.25) is 10.1 Å². The van der Waals surface area contributed by atoms with Gasteiger partial charge in [0.1, 0.15) is 29.2 Å². The van der Waals surface area contributed by atoms with Gasteiger partial charge in [-0.05, 0) is 42.8 Å². The third kappa shape index (κ3) is 3.64. The fraction of sp³-hybridized carbons (Fsp3) is 0.250. The molecule has 3 N–H and O–H groups in total. The van der Waals surface area contributed by atoms with Crippen LogP contribution >= 0.6 is 0 Å². The third-order valence-corrected chi connectivity index (χ3v) is 6.21. The molecule has 3 aliphatic rings. The molecule has 9 heteroatoms. The molecule has 1 amide bonds. The highest BCUT2D eigenvalue weighted by molar-refractivity contribution is 5.93. The van der Waals surface area contributed by atoms with E-state index in [0.29, 0.717) is 42.5 Å². The van der Waals surface area contributed by atoms with Crippen LogP contribution in [0.3, 0.4) is 0 Å². The summed E-state index contributed by atoms with van der Waals surface area (Å²) in [5.41, 5.74) is 2.46. The maximum atomic E-state index is 13.3. The zero-order chi connectivity index (χ0) is 22.5. The Labute approximate surface area is 188 Å². The van der Waals surface area contributed by atoms with Crippen molar-refractivity contribution in [1.29, 1.82) is 0 Å². The van der Waals surface area contributed by atoms with Crippen LogP contribution in [-0.4, -0.2) is 29.7 Å². The van der Waals surface area contributed by atoms with Crippen molar-refractivity contribution in [2.45, 2.75) is 30.9 Å². The number of pyridine rings is 1. The van der Waals surface area contributed by atoms with E-state index in [1.165, 1.54) is 6.07 Å². The molecule has 0 unspecified atom stereocenters. The zero-order valence-electron chi connectivity index (χ0n) is 17.4. The van der Waals surface area contributed by atoms with Gasteiger partial charge in [0.15, 0.2) is 11.6 Å². The predicted octanol–water partition coefficient (Wildman–Crippen LogP) is 3.92. The molecule has 6 rings (SSSR count). The van der Waals surface area contributed by atoms with Gasteiger partial charge in [0.25, 0.3) is 0 Å². The van der Waals surface area contributed by atoms with Crippen LogP contribution < -0.4 is 25.4 Å². The lowest BCUT2D eigenvalue weighted by Crippen LogP contribution is -2.28.